The average Bonchev–Trinajstić information content (AvgIpc) is 2.85. The topological polar surface area (TPSA) is 96.0 Å². The molecule has 0 radical (unpaired) electrons. The normalized spacial score (nSPS) is 17.1. The minimum atomic E-state index is -4.77. The van der Waals surface area contributed by atoms with E-state index >= 15 is 0 Å². The molecule has 2 aromatic rings. The first kappa shape index (κ1) is 24.6. The van der Waals surface area contributed by atoms with E-state index < -0.39 is 12.4 Å². The summed E-state index contributed by atoms with van der Waals surface area (Å²) in [7, 11) is 0. The van der Waals surface area contributed by atoms with Crippen LogP contribution in [0.5, 0.6) is 5.75 Å². The second kappa shape index (κ2) is 10.8. The lowest BCUT2D eigenvalue weighted by Crippen LogP contribution is -2.47. The Morgan fingerprint density at radius 3 is 2.29 bits per heavy atom. The van der Waals surface area contributed by atoms with Crippen molar-refractivity contribution in [3.05, 3.63) is 48.2 Å². The van der Waals surface area contributed by atoms with E-state index in [2.05, 4.69) is 25.3 Å². The highest BCUT2D eigenvalue weighted by atomic mass is 19.4. The molecule has 0 saturated carbocycles. The molecule has 188 valence electrons. The molecule has 2 N–H and O–H groups in total. The summed E-state index contributed by atoms with van der Waals surface area (Å²) < 4.78 is 45.9. The number of benzene rings is 1. The largest absolute Gasteiger partial charge is 0.573 e. The third-order valence-corrected chi connectivity index (χ3v) is 5.79. The number of hydrogen-bond acceptors (Lipinski definition) is 6. The highest BCUT2D eigenvalue weighted by molar-refractivity contribution is 5.94. The molecule has 1 aromatic carbocycles. The Bertz CT molecular complexity index is 1000. The highest BCUT2D eigenvalue weighted by Gasteiger charge is 2.31. The number of nitrogens with zero attached hydrogens (tertiary/aromatic N) is 3. The van der Waals surface area contributed by atoms with Gasteiger partial charge in [0.15, 0.2) is 0 Å². The standard InChI is InChI=1S/C23H26F3N5O4/c24-23(25,26)35-19-4-2-17(3-5-19)28-22(33)29-18-7-9-31(10-8-18)21(32)16-1-6-20(27-15-16)30-11-13-34-14-12-30/h1-6,15,18H,7-14H2,(H2,28,29,33). The summed E-state index contributed by atoms with van der Waals surface area (Å²) in [5.41, 5.74) is 0.849. The van der Waals surface area contributed by atoms with Crippen LogP contribution >= 0.6 is 0 Å². The maximum Gasteiger partial charge on any atom is 0.573 e. The first-order valence-electron chi connectivity index (χ1n) is 11.3. The predicted octanol–water partition coefficient (Wildman–Crippen LogP) is 3.24. The predicted molar refractivity (Wildman–Crippen MR) is 121 cm³/mol. The van der Waals surface area contributed by atoms with E-state index in [4.69, 9.17) is 4.74 Å². The number of nitrogens with one attached hydrogen (secondary N) is 2. The number of pyridine rings is 1. The number of hydrogen-bond donors (Lipinski definition) is 2. The second-order valence-corrected chi connectivity index (χ2v) is 8.24. The number of rotatable bonds is 5. The fourth-order valence-electron chi connectivity index (χ4n) is 3.99. The number of urea groups is 1. The fraction of sp³-hybridized carbons (Fsp3) is 0.435. The highest BCUT2D eigenvalue weighted by Crippen LogP contribution is 2.24. The molecule has 0 aliphatic carbocycles. The Morgan fingerprint density at radius 1 is 1.00 bits per heavy atom. The number of aromatic nitrogens is 1. The van der Waals surface area contributed by atoms with Crippen LogP contribution in [0.2, 0.25) is 0 Å². The van der Waals surface area contributed by atoms with Crippen molar-refractivity contribution in [1.29, 1.82) is 0 Å². The first-order valence-corrected chi connectivity index (χ1v) is 11.3. The van der Waals surface area contributed by atoms with E-state index in [1.165, 1.54) is 12.1 Å². The first-order chi connectivity index (χ1) is 16.8. The van der Waals surface area contributed by atoms with Gasteiger partial charge in [0.2, 0.25) is 0 Å². The summed E-state index contributed by atoms with van der Waals surface area (Å²) in [6.07, 6.45) is -2.02. The zero-order valence-electron chi connectivity index (χ0n) is 18.9. The number of likely N-dealkylation sites (tertiary alicyclic amines) is 1. The van der Waals surface area contributed by atoms with Crippen molar-refractivity contribution in [2.75, 3.05) is 49.6 Å². The third-order valence-electron chi connectivity index (χ3n) is 5.79. The number of carbonyl (C=O) groups excluding carboxylic acids is 2. The molecule has 0 atom stereocenters. The number of alkyl halides is 3. The molecule has 3 heterocycles. The summed E-state index contributed by atoms with van der Waals surface area (Å²) in [5.74, 6) is 0.350. The Morgan fingerprint density at radius 2 is 1.69 bits per heavy atom. The molecule has 2 saturated heterocycles. The number of carbonyl (C=O) groups is 2. The maximum atomic E-state index is 12.8. The van der Waals surface area contributed by atoms with E-state index in [0.717, 1.165) is 31.0 Å². The van der Waals surface area contributed by atoms with Crippen molar-refractivity contribution in [3.8, 4) is 5.75 Å². The number of ether oxygens (including phenoxy) is 2. The van der Waals surface area contributed by atoms with Gasteiger partial charge in [0.25, 0.3) is 5.91 Å². The van der Waals surface area contributed by atoms with Gasteiger partial charge in [-0.05, 0) is 49.2 Å². The summed E-state index contributed by atoms with van der Waals surface area (Å²) in [6.45, 7) is 3.83. The summed E-state index contributed by atoms with van der Waals surface area (Å²) in [5, 5.41) is 5.42. The maximum absolute atomic E-state index is 12.8. The minimum Gasteiger partial charge on any atom is -0.406 e. The quantitative estimate of drug-likeness (QED) is 0.664. The molecule has 12 heteroatoms. The smallest absolute Gasteiger partial charge is 0.406 e. The van der Waals surface area contributed by atoms with Crippen LogP contribution in [0.1, 0.15) is 23.2 Å². The number of anilines is 2. The van der Waals surface area contributed by atoms with Crippen LogP contribution in [0.25, 0.3) is 0 Å². The van der Waals surface area contributed by atoms with Gasteiger partial charge in [0.1, 0.15) is 11.6 Å². The van der Waals surface area contributed by atoms with Gasteiger partial charge >= 0.3 is 12.4 Å². The minimum absolute atomic E-state index is 0.102. The van der Waals surface area contributed by atoms with Crippen molar-refractivity contribution >= 4 is 23.4 Å². The molecule has 3 amide bonds. The zero-order valence-corrected chi connectivity index (χ0v) is 18.9. The van der Waals surface area contributed by atoms with Gasteiger partial charge in [-0.3, -0.25) is 4.79 Å². The van der Waals surface area contributed by atoms with Crippen LogP contribution in [-0.2, 0) is 4.74 Å². The molecular weight excluding hydrogens is 467 g/mol. The fourth-order valence-corrected chi connectivity index (χ4v) is 3.99. The SMILES string of the molecule is O=C(Nc1ccc(OC(F)(F)F)cc1)NC1CCN(C(=O)c2ccc(N3CCOCC3)nc2)CC1. The van der Waals surface area contributed by atoms with E-state index in [-0.39, 0.29) is 17.7 Å². The van der Waals surface area contributed by atoms with Crippen LogP contribution in [0.15, 0.2) is 42.6 Å². The summed E-state index contributed by atoms with van der Waals surface area (Å²) in [6, 6.07) is 7.91. The molecule has 2 fully saturated rings. The van der Waals surface area contributed by atoms with E-state index in [1.54, 1.807) is 17.2 Å². The molecule has 0 bridgehead atoms. The van der Waals surface area contributed by atoms with E-state index in [9.17, 15) is 22.8 Å². The van der Waals surface area contributed by atoms with Crippen molar-refractivity contribution in [2.45, 2.75) is 25.2 Å². The van der Waals surface area contributed by atoms with Crippen molar-refractivity contribution in [3.63, 3.8) is 0 Å². The molecule has 9 nitrogen and oxygen atoms in total. The molecule has 1 aromatic heterocycles. The van der Waals surface area contributed by atoms with Gasteiger partial charge < -0.3 is 29.9 Å². The van der Waals surface area contributed by atoms with Gasteiger partial charge in [-0.1, -0.05) is 0 Å². The lowest BCUT2D eigenvalue weighted by molar-refractivity contribution is -0.274. The average molecular weight is 493 g/mol. The van der Waals surface area contributed by atoms with Crippen LogP contribution in [0.3, 0.4) is 0 Å². The van der Waals surface area contributed by atoms with Crippen LogP contribution in [0, 0.1) is 0 Å². The van der Waals surface area contributed by atoms with Crippen LogP contribution < -0.4 is 20.3 Å². The number of amides is 3. The molecular formula is C23H26F3N5O4. The van der Waals surface area contributed by atoms with Gasteiger partial charge in [-0.15, -0.1) is 13.2 Å². The van der Waals surface area contributed by atoms with Gasteiger partial charge in [0, 0.05) is 44.1 Å². The van der Waals surface area contributed by atoms with Crippen molar-refractivity contribution in [1.82, 2.24) is 15.2 Å². The number of piperidine rings is 1. The second-order valence-electron chi connectivity index (χ2n) is 8.24. The van der Waals surface area contributed by atoms with Gasteiger partial charge in [-0.25, -0.2) is 9.78 Å². The zero-order chi connectivity index (χ0) is 24.8. The molecule has 35 heavy (non-hydrogen) atoms. The molecule has 2 aliphatic rings. The van der Waals surface area contributed by atoms with Gasteiger partial charge in [0.05, 0.1) is 18.8 Å². The Hall–Kier alpha value is -3.54. The van der Waals surface area contributed by atoms with Crippen molar-refractivity contribution < 1.29 is 32.2 Å². The number of morpholine rings is 1. The number of halogens is 3. The summed E-state index contributed by atoms with van der Waals surface area (Å²) >= 11 is 0. The van der Waals surface area contributed by atoms with E-state index in [1.807, 2.05) is 6.07 Å². The van der Waals surface area contributed by atoms with Crippen molar-refractivity contribution in [2.24, 2.45) is 0 Å². The lowest BCUT2D eigenvalue weighted by atomic mass is 10.0. The summed E-state index contributed by atoms with van der Waals surface area (Å²) in [4.78, 5) is 33.4. The van der Waals surface area contributed by atoms with Crippen LogP contribution in [0.4, 0.5) is 29.5 Å². The molecule has 4 rings (SSSR count). The van der Waals surface area contributed by atoms with E-state index in [0.29, 0.717) is 50.4 Å². The molecule has 0 unspecified atom stereocenters. The Balaban J connectivity index is 1.22. The third kappa shape index (κ3) is 6.98. The van der Waals surface area contributed by atoms with Crippen LogP contribution in [-0.4, -0.2) is 73.6 Å². The van der Waals surface area contributed by atoms with Gasteiger partial charge in [-0.2, -0.15) is 0 Å². The Labute approximate surface area is 200 Å². The molecule has 0 spiro atoms. The lowest BCUT2D eigenvalue weighted by Gasteiger charge is -2.32. The monoisotopic (exact) mass is 493 g/mol. The Kier molecular flexibility index (Phi) is 7.59. The molecule has 2 aliphatic heterocycles.